The van der Waals surface area contributed by atoms with Crippen LogP contribution < -0.4 is 10.6 Å². The Balaban J connectivity index is 2.06. The first kappa shape index (κ1) is 20.3. The van der Waals surface area contributed by atoms with Crippen molar-refractivity contribution in [3.63, 3.8) is 0 Å². The molecule has 0 saturated carbocycles. The van der Waals surface area contributed by atoms with Crippen molar-refractivity contribution in [1.29, 1.82) is 0 Å². The maximum atomic E-state index is 12.5. The molecular weight excluding hydrogens is 368 g/mol. The number of aliphatic carboxylic acids is 1. The number of carboxylic acids is 1. The van der Waals surface area contributed by atoms with Crippen molar-refractivity contribution in [3.8, 4) is 0 Å². The molecule has 2 atom stereocenters. The van der Waals surface area contributed by atoms with Gasteiger partial charge in [0.05, 0.1) is 22.1 Å². The molecule has 0 saturated heterocycles. The van der Waals surface area contributed by atoms with Crippen LogP contribution in [0.1, 0.15) is 23.7 Å². The van der Waals surface area contributed by atoms with Crippen LogP contribution >= 0.6 is 0 Å². The number of carbonyl (C=O) groups is 3. The van der Waals surface area contributed by atoms with Gasteiger partial charge in [0.2, 0.25) is 5.91 Å². The van der Waals surface area contributed by atoms with Crippen LogP contribution in [0.2, 0.25) is 0 Å². The van der Waals surface area contributed by atoms with Crippen LogP contribution in [0.4, 0.5) is 5.69 Å². The van der Waals surface area contributed by atoms with Gasteiger partial charge in [-0.1, -0.05) is 30.3 Å². The van der Waals surface area contributed by atoms with Gasteiger partial charge in [-0.2, -0.15) is 0 Å². The van der Waals surface area contributed by atoms with Crippen LogP contribution in [-0.2, 0) is 20.4 Å². The Kier molecular flexibility index (Phi) is 7.25. The Hall–Kier alpha value is -3.00. The van der Waals surface area contributed by atoms with Crippen molar-refractivity contribution in [2.24, 2.45) is 0 Å². The summed E-state index contributed by atoms with van der Waals surface area (Å²) in [6, 6.07) is 13.8. The van der Waals surface area contributed by atoms with E-state index in [1.54, 1.807) is 48.5 Å². The zero-order chi connectivity index (χ0) is 19.8. The quantitative estimate of drug-likeness (QED) is 0.640. The third kappa shape index (κ3) is 6.03. The number of nitrogens with one attached hydrogen (secondary N) is 2. The number of anilines is 1. The number of para-hydroxylation sites is 1. The number of hydrogen-bond acceptors (Lipinski definition) is 4. The van der Waals surface area contributed by atoms with E-state index in [1.807, 2.05) is 0 Å². The minimum Gasteiger partial charge on any atom is -0.480 e. The molecule has 8 heteroatoms. The highest BCUT2D eigenvalue weighted by molar-refractivity contribution is 7.85. The summed E-state index contributed by atoms with van der Waals surface area (Å²) in [6.45, 7) is 1.31. The van der Waals surface area contributed by atoms with Crippen LogP contribution in [0.3, 0.4) is 0 Å². The fourth-order valence-electron chi connectivity index (χ4n) is 2.39. The third-order valence-electron chi connectivity index (χ3n) is 3.68. The number of carbonyl (C=O) groups excluding carboxylic acids is 2. The zero-order valence-electron chi connectivity index (χ0n) is 14.7. The molecule has 0 aliphatic heterocycles. The highest BCUT2D eigenvalue weighted by atomic mass is 32.2. The molecule has 0 unspecified atom stereocenters. The van der Waals surface area contributed by atoms with Crippen LogP contribution in [0.25, 0.3) is 0 Å². The molecule has 7 nitrogen and oxygen atoms in total. The summed E-state index contributed by atoms with van der Waals surface area (Å²) in [5, 5.41) is 14.3. The Labute approximate surface area is 159 Å². The van der Waals surface area contributed by atoms with Gasteiger partial charge in [-0.25, -0.2) is 4.79 Å². The van der Waals surface area contributed by atoms with Crippen molar-refractivity contribution >= 4 is 34.3 Å². The molecule has 0 radical (unpaired) electrons. The lowest BCUT2D eigenvalue weighted by atomic mass is 10.1. The molecule has 27 heavy (non-hydrogen) atoms. The van der Waals surface area contributed by atoms with E-state index in [4.69, 9.17) is 0 Å². The molecular formula is C19H20N2O5S. The number of hydrogen-bond donors (Lipinski definition) is 3. The van der Waals surface area contributed by atoms with E-state index in [0.29, 0.717) is 10.6 Å². The second-order valence-corrected chi connectivity index (χ2v) is 7.31. The summed E-state index contributed by atoms with van der Waals surface area (Å²) in [5.41, 5.74) is 0.447. The van der Waals surface area contributed by atoms with Crippen molar-refractivity contribution in [2.45, 2.75) is 24.3 Å². The molecule has 2 aromatic rings. The minimum atomic E-state index is -1.36. The van der Waals surface area contributed by atoms with Crippen molar-refractivity contribution in [2.75, 3.05) is 11.1 Å². The van der Waals surface area contributed by atoms with E-state index in [-0.39, 0.29) is 23.6 Å². The average molecular weight is 388 g/mol. The summed E-state index contributed by atoms with van der Waals surface area (Å²) < 4.78 is 12.3. The first-order chi connectivity index (χ1) is 12.9. The van der Waals surface area contributed by atoms with Gasteiger partial charge in [-0.05, 0) is 30.7 Å². The van der Waals surface area contributed by atoms with Crippen molar-refractivity contribution in [1.82, 2.24) is 5.32 Å². The molecule has 0 aliphatic carbocycles. The van der Waals surface area contributed by atoms with Crippen molar-refractivity contribution in [3.05, 3.63) is 60.2 Å². The monoisotopic (exact) mass is 388 g/mol. The summed E-state index contributed by atoms with van der Waals surface area (Å²) in [7, 11) is -1.36. The molecule has 2 amide bonds. The minimum absolute atomic E-state index is 0.00484. The predicted molar refractivity (Wildman–Crippen MR) is 102 cm³/mol. The second-order valence-electron chi connectivity index (χ2n) is 5.74. The van der Waals surface area contributed by atoms with Gasteiger partial charge in [0.25, 0.3) is 5.91 Å². The molecule has 3 N–H and O–H groups in total. The molecule has 142 valence electrons. The number of rotatable bonds is 8. The van der Waals surface area contributed by atoms with Gasteiger partial charge in [-0.3, -0.25) is 13.8 Å². The van der Waals surface area contributed by atoms with Crippen LogP contribution in [0.15, 0.2) is 59.5 Å². The molecule has 0 fully saturated rings. The SMILES string of the molecule is CC(=O)Nc1ccccc1C(=O)N[C@H](CC[S@](=O)c1ccccc1)C(=O)O. The largest absolute Gasteiger partial charge is 0.480 e. The summed E-state index contributed by atoms with van der Waals surface area (Å²) in [6.07, 6.45) is 0.00484. The Morgan fingerprint density at radius 3 is 2.30 bits per heavy atom. The van der Waals surface area contributed by atoms with E-state index in [0.717, 1.165) is 0 Å². The Morgan fingerprint density at radius 1 is 1.04 bits per heavy atom. The standard InChI is InChI=1S/C19H20N2O5S/c1-13(22)20-16-10-6-5-9-15(16)18(23)21-17(19(24)25)11-12-27(26)14-7-3-2-4-8-14/h2-10,17H,11-12H2,1H3,(H,20,22)(H,21,23)(H,24,25)/t17-,27+/m1/s1. The van der Waals surface area contributed by atoms with Crippen LogP contribution in [0, 0.1) is 0 Å². The second kappa shape index (κ2) is 9.63. The summed E-state index contributed by atoms with van der Waals surface area (Å²) in [4.78, 5) is 35.8. The van der Waals surface area contributed by atoms with Gasteiger partial charge in [0.1, 0.15) is 6.04 Å². The third-order valence-corrected chi connectivity index (χ3v) is 5.09. The Morgan fingerprint density at radius 2 is 1.67 bits per heavy atom. The topological polar surface area (TPSA) is 113 Å². The lowest BCUT2D eigenvalue weighted by molar-refractivity contribution is -0.139. The lowest BCUT2D eigenvalue weighted by Crippen LogP contribution is -2.41. The first-order valence-electron chi connectivity index (χ1n) is 8.22. The fourth-order valence-corrected chi connectivity index (χ4v) is 3.53. The summed E-state index contributed by atoms with van der Waals surface area (Å²) in [5.74, 6) is -2.10. The van der Waals surface area contributed by atoms with Gasteiger partial charge in [0, 0.05) is 17.6 Å². The average Bonchev–Trinajstić information content (AvgIpc) is 2.65. The van der Waals surface area contributed by atoms with E-state index in [2.05, 4.69) is 10.6 Å². The maximum Gasteiger partial charge on any atom is 0.326 e. The highest BCUT2D eigenvalue weighted by Crippen LogP contribution is 2.15. The van der Waals surface area contributed by atoms with Gasteiger partial charge in [0.15, 0.2) is 0 Å². The molecule has 2 aromatic carbocycles. The fraction of sp³-hybridized carbons (Fsp3) is 0.211. The first-order valence-corrected chi connectivity index (χ1v) is 9.54. The van der Waals surface area contributed by atoms with Crippen LogP contribution in [0.5, 0.6) is 0 Å². The molecule has 0 bridgehead atoms. The van der Waals surface area contributed by atoms with E-state index < -0.39 is 28.7 Å². The maximum absolute atomic E-state index is 12.5. The van der Waals surface area contributed by atoms with Crippen LogP contribution in [-0.4, -0.2) is 38.9 Å². The van der Waals surface area contributed by atoms with Gasteiger partial charge in [-0.15, -0.1) is 0 Å². The van der Waals surface area contributed by atoms with E-state index >= 15 is 0 Å². The molecule has 0 aromatic heterocycles. The van der Waals surface area contributed by atoms with E-state index in [1.165, 1.54) is 13.0 Å². The smallest absolute Gasteiger partial charge is 0.326 e. The van der Waals surface area contributed by atoms with Gasteiger partial charge >= 0.3 is 5.97 Å². The zero-order valence-corrected chi connectivity index (χ0v) is 15.5. The van der Waals surface area contributed by atoms with Crippen molar-refractivity contribution < 1.29 is 23.7 Å². The molecule has 0 spiro atoms. The molecule has 0 aliphatic rings. The highest BCUT2D eigenvalue weighted by Gasteiger charge is 2.23. The lowest BCUT2D eigenvalue weighted by Gasteiger charge is -2.16. The van der Waals surface area contributed by atoms with E-state index in [9.17, 15) is 23.7 Å². The summed E-state index contributed by atoms with van der Waals surface area (Å²) >= 11 is 0. The number of amides is 2. The normalized spacial score (nSPS) is 12.6. The molecule has 0 heterocycles. The van der Waals surface area contributed by atoms with Gasteiger partial charge < -0.3 is 15.7 Å². The number of benzene rings is 2. The predicted octanol–water partition coefficient (Wildman–Crippen LogP) is 2.03. The Bertz CT molecular complexity index is 854. The number of carboxylic acid groups (broad SMARTS) is 1. The molecule has 2 rings (SSSR count).